The third kappa shape index (κ3) is 5.41. The molecule has 0 aliphatic heterocycles. The minimum atomic E-state index is 0.703. The van der Waals surface area contributed by atoms with E-state index in [0.29, 0.717) is 5.11 Å². The van der Waals surface area contributed by atoms with E-state index >= 15 is 0 Å². The Morgan fingerprint density at radius 1 is 1.29 bits per heavy atom. The fourth-order valence-electron chi connectivity index (χ4n) is 1.41. The van der Waals surface area contributed by atoms with Crippen LogP contribution in [0.4, 0.5) is 5.69 Å². The van der Waals surface area contributed by atoms with Crippen LogP contribution in [-0.2, 0) is 0 Å². The monoisotopic (exact) mass is 268 g/mol. The number of thioether (sulfide) groups is 1. The van der Waals surface area contributed by atoms with E-state index < -0.39 is 0 Å². The van der Waals surface area contributed by atoms with Gasteiger partial charge in [0, 0.05) is 12.2 Å². The molecule has 0 heterocycles. The molecular weight excluding hydrogens is 248 g/mol. The Bertz CT molecular complexity index is 378. The summed E-state index contributed by atoms with van der Waals surface area (Å²) in [6.07, 6.45) is 3.25. The first-order valence-electron chi connectivity index (χ1n) is 5.74. The highest BCUT2D eigenvalue weighted by Gasteiger charge is 1.99. The molecule has 0 unspecified atom stereocenters. The lowest BCUT2D eigenvalue weighted by molar-refractivity contribution is 0.855. The maximum absolute atomic E-state index is 5.23. The minimum Gasteiger partial charge on any atom is -0.362 e. The van der Waals surface area contributed by atoms with Crippen molar-refractivity contribution >= 4 is 34.8 Å². The Labute approximate surface area is 114 Å². The second-order valence-electron chi connectivity index (χ2n) is 4.03. The lowest BCUT2D eigenvalue weighted by Crippen LogP contribution is -2.29. The summed E-state index contributed by atoms with van der Waals surface area (Å²) in [5, 5.41) is 7.11. The van der Waals surface area contributed by atoms with Crippen LogP contribution < -0.4 is 10.6 Å². The normalized spacial score (nSPS) is 10.1. The molecule has 1 aromatic carbocycles. The van der Waals surface area contributed by atoms with Gasteiger partial charge in [0.15, 0.2) is 5.11 Å². The van der Waals surface area contributed by atoms with E-state index in [9.17, 15) is 0 Å². The van der Waals surface area contributed by atoms with Crippen LogP contribution in [0.3, 0.4) is 0 Å². The van der Waals surface area contributed by atoms with Gasteiger partial charge in [-0.25, -0.2) is 0 Å². The Hall–Kier alpha value is -0.740. The number of hydrogen-bond acceptors (Lipinski definition) is 2. The van der Waals surface area contributed by atoms with Crippen LogP contribution in [0.15, 0.2) is 18.2 Å². The Morgan fingerprint density at radius 3 is 2.71 bits per heavy atom. The molecule has 0 bridgehead atoms. The fourth-order valence-corrected chi connectivity index (χ4v) is 2.07. The Kier molecular flexibility index (Phi) is 6.37. The quantitative estimate of drug-likeness (QED) is 0.632. The number of thiocarbonyl (C=S) groups is 1. The van der Waals surface area contributed by atoms with Crippen LogP contribution in [0.5, 0.6) is 0 Å². The fraction of sp³-hybridized carbons (Fsp3) is 0.462. The van der Waals surface area contributed by atoms with Crippen molar-refractivity contribution in [2.45, 2.75) is 20.3 Å². The van der Waals surface area contributed by atoms with Crippen molar-refractivity contribution in [3.8, 4) is 0 Å². The van der Waals surface area contributed by atoms with E-state index in [0.717, 1.165) is 18.7 Å². The van der Waals surface area contributed by atoms with Gasteiger partial charge in [-0.2, -0.15) is 11.8 Å². The highest BCUT2D eigenvalue weighted by molar-refractivity contribution is 7.98. The summed E-state index contributed by atoms with van der Waals surface area (Å²) < 4.78 is 0. The van der Waals surface area contributed by atoms with Crippen LogP contribution in [0.25, 0.3) is 0 Å². The van der Waals surface area contributed by atoms with Gasteiger partial charge in [0.2, 0.25) is 0 Å². The molecule has 0 spiro atoms. The summed E-state index contributed by atoms with van der Waals surface area (Å²) in [5.74, 6) is 1.17. The average molecular weight is 268 g/mol. The zero-order valence-electron chi connectivity index (χ0n) is 10.7. The van der Waals surface area contributed by atoms with E-state index in [-0.39, 0.29) is 0 Å². The van der Waals surface area contributed by atoms with Crippen molar-refractivity contribution in [3.63, 3.8) is 0 Å². The Balaban J connectivity index is 2.37. The second-order valence-corrected chi connectivity index (χ2v) is 5.42. The lowest BCUT2D eigenvalue weighted by atomic mass is 10.1. The Morgan fingerprint density at radius 2 is 2.06 bits per heavy atom. The number of benzene rings is 1. The maximum atomic E-state index is 5.23. The third-order valence-corrected chi connectivity index (χ3v) is 3.52. The molecule has 17 heavy (non-hydrogen) atoms. The van der Waals surface area contributed by atoms with E-state index in [1.807, 2.05) is 11.8 Å². The smallest absolute Gasteiger partial charge is 0.170 e. The summed E-state index contributed by atoms with van der Waals surface area (Å²) in [4.78, 5) is 0. The minimum absolute atomic E-state index is 0.703. The van der Waals surface area contributed by atoms with Gasteiger partial charge in [0.1, 0.15) is 0 Å². The predicted molar refractivity (Wildman–Crippen MR) is 83.1 cm³/mol. The molecule has 1 aromatic rings. The van der Waals surface area contributed by atoms with Crippen LogP contribution >= 0.6 is 24.0 Å². The SMILES string of the molecule is CSCCCNC(=S)Nc1ccc(C)c(C)c1. The van der Waals surface area contributed by atoms with Crippen LogP contribution in [0.1, 0.15) is 17.5 Å². The highest BCUT2D eigenvalue weighted by atomic mass is 32.2. The largest absolute Gasteiger partial charge is 0.362 e. The van der Waals surface area contributed by atoms with Gasteiger partial charge in [0.25, 0.3) is 0 Å². The van der Waals surface area contributed by atoms with Gasteiger partial charge in [-0.3, -0.25) is 0 Å². The molecule has 0 aliphatic carbocycles. The van der Waals surface area contributed by atoms with E-state index in [2.05, 4.69) is 48.9 Å². The first-order valence-corrected chi connectivity index (χ1v) is 7.54. The highest BCUT2D eigenvalue weighted by Crippen LogP contribution is 2.13. The summed E-state index contributed by atoms with van der Waals surface area (Å²) in [5.41, 5.74) is 3.63. The number of aryl methyl sites for hydroxylation is 2. The van der Waals surface area contributed by atoms with E-state index in [4.69, 9.17) is 12.2 Å². The summed E-state index contributed by atoms with van der Waals surface area (Å²) in [6.45, 7) is 5.14. The van der Waals surface area contributed by atoms with E-state index in [1.165, 1.54) is 16.9 Å². The number of anilines is 1. The number of hydrogen-bond donors (Lipinski definition) is 2. The van der Waals surface area contributed by atoms with Crippen molar-refractivity contribution in [1.82, 2.24) is 5.32 Å². The first-order chi connectivity index (χ1) is 8.13. The summed E-state index contributed by atoms with van der Waals surface area (Å²) in [6, 6.07) is 6.28. The molecule has 2 nitrogen and oxygen atoms in total. The van der Waals surface area contributed by atoms with Gasteiger partial charge < -0.3 is 10.6 Å². The van der Waals surface area contributed by atoms with Crippen molar-refractivity contribution < 1.29 is 0 Å². The van der Waals surface area contributed by atoms with Crippen molar-refractivity contribution in [2.24, 2.45) is 0 Å². The topological polar surface area (TPSA) is 24.1 Å². The molecule has 0 atom stereocenters. The molecule has 1 rings (SSSR count). The molecule has 0 fully saturated rings. The molecule has 4 heteroatoms. The first kappa shape index (κ1) is 14.3. The molecule has 94 valence electrons. The zero-order valence-corrected chi connectivity index (χ0v) is 12.3. The predicted octanol–water partition coefficient (Wildman–Crippen LogP) is 3.34. The molecule has 0 aliphatic rings. The number of rotatable bonds is 5. The van der Waals surface area contributed by atoms with Crippen molar-refractivity contribution in [2.75, 3.05) is 23.9 Å². The summed E-state index contributed by atoms with van der Waals surface area (Å²) >= 11 is 7.09. The van der Waals surface area contributed by atoms with Crippen molar-refractivity contribution in [3.05, 3.63) is 29.3 Å². The van der Waals surface area contributed by atoms with Gasteiger partial charge in [-0.15, -0.1) is 0 Å². The lowest BCUT2D eigenvalue weighted by Gasteiger charge is -2.11. The zero-order chi connectivity index (χ0) is 12.7. The van der Waals surface area contributed by atoms with E-state index in [1.54, 1.807) is 0 Å². The van der Waals surface area contributed by atoms with Crippen LogP contribution in [0.2, 0.25) is 0 Å². The van der Waals surface area contributed by atoms with Crippen LogP contribution in [-0.4, -0.2) is 23.7 Å². The molecule has 2 N–H and O–H groups in total. The van der Waals surface area contributed by atoms with Gasteiger partial charge in [-0.1, -0.05) is 6.07 Å². The molecule has 0 saturated carbocycles. The van der Waals surface area contributed by atoms with Crippen LogP contribution in [0, 0.1) is 13.8 Å². The molecule has 0 radical (unpaired) electrons. The standard InChI is InChI=1S/C13H20N2S2/c1-10-5-6-12(9-11(10)2)15-13(16)14-7-4-8-17-3/h5-6,9H,4,7-8H2,1-3H3,(H2,14,15,16). The molecule has 0 aromatic heterocycles. The third-order valence-electron chi connectivity index (χ3n) is 2.58. The molecular formula is C13H20N2S2. The molecule has 0 saturated heterocycles. The average Bonchev–Trinajstić information content (AvgIpc) is 2.30. The van der Waals surface area contributed by atoms with Gasteiger partial charge in [-0.05, 0) is 67.8 Å². The van der Waals surface area contributed by atoms with Crippen molar-refractivity contribution in [1.29, 1.82) is 0 Å². The summed E-state index contributed by atoms with van der Waals surface area (Å²) in [7, 11) is 0. The second kappa shape index (κ2) is 7.56. The van der Waals surface area contributed by atoms with Gasteiger partial charge in [0.05, 0.1) is 0 Å². The maximum Gasteiger partial charge on any atom is 0.170 e. The van der Waals surface area contributed by atoms with Gasteiger partial charge >= 0.3 is 0 Å². The number of nitrogens with one attached hydrogen (secondary N) is 2. The molecule has 0 amide bonds.